The van der Waals surface area contributed by atoms with Gasteiger partial charge in [-0.15, -0.1) is 0 Å². The summed E-state index contributed by atoms with van der Waals surface area (Å²) < 4.78 is 5.38. The number of amides is 1. The molecule has 0 aromatic heterocycles. The van der Waals surface area contributed by atoms with Crippen LogP contribution in [0.2, 0.25) is 0 Å². The zero-order valence-electron chi connectivity index (χ0n) is 13.9. The van der Waals surface area contributed by atoms with Gasteiger partial charge in [0.2, 0.25) is 0 Å². The van der Waals surface area contributed by atoms with Crippen LogP contribution in [-0.4, -0.2) is 18.1 Å². The highest BCUT2D eigenvalue weighted by Crippen LogP contribution is 2.37. The first-order valence-corrected chi connectivity index (χ1v) is 7.71. The van der Waals surface area contributed by atoms with Crippen LogP contribution >= 0.6 is 0 Å². The summed E-state index contributed by atoms with van der Waals surface area (Å²) in [5.41, 5.74) is 9.44. The first kappa shape index (κ1) is 16.9. The summed E-state index contributed by atoms with van der Waals surface area (Å²) in [6.07, 6.45) is 6.36. The second-order valence-electron chi connectivity index (χ2n) is 5.86. The number of carbonyl (C=O) groups is 1. The molecule has 5 heteroatoms. The van der Waals surface area contributed by atoms with Crippen LogP contribution < -0.4 is 15.8 Å². The van der Waals surface area contributed by atoms with Gasteiger partial charge in [0.1, 0.15) is 11.5 Å². The molecule has 0 aliphatic carbocycles. The third-order valence-corrected chi connectivity index (χ3v) is 3.99. The lowest BCUT2D eigenvalue weighted by molar-refractivity contribution is 0.0963. The van der Waals surface area contributed by atoms with Crippen molar-refractivity contribution in [2.75, 3.05) is 7.11 Å². The molecular weight excluding hydrogens is 292 g/mol. The molecule has 1 heterocycles. The summed E-state index contributed by atoms with van der Waals surface area (Å²) in [6.45, 7) is 4.35. The first-order valence-electron chi connectivity index (χ1n) is 7.71. The topological polar surface area (TPSA) is 84.6 Å². The molecule has 23 heavy (non-hydrogen) atoms. The Labute approximate surface area is 136 Å². The van der Waals surface area contributed by atoms with E-state index in [1.807, 2.05) is 26.0 Å². The van der Waals surface area contributed by atoms with Gasteiger partial charge in [0.15, 0.2) is 0 Å². The molecule has 0 bridgehead atoms. The van der Waals surface area contributed by atoms with E-state index < -0.39 is 0 Å². The highest BCUT2D eigenvalue weighted by molar-refractivity contribution is 6.01. The molecule has 1 amide bonds. The molecule has 1 aliphatic rings. The van der Waals surface area contributed by atoms with Crippen molar-refractivity contribution in [1.29, 1.82) is 0 Å². The van der Waals surface area contributed by atoms with Gasteiger partial charge in [0, 0.05) is 17.8 Å². The average molecular weight is 316 g/mol. The van der Waals surface area contributed by atoms with E-state index in [4.69, 9.17) is 10.5 Å². The number of phenols is 1. The van der Waals surface area contributed by atoms with E-state index in [1.54, 1.807) is 7.11 Å². The number of fused-ring (bicyclic) bond motifs is 1. The fraction of sp³-hybridized carbons (Fsp3) is 0.389. The molecule has 0 fully saturated rings. The maximum Gasteiger partial charge on any atom is 0.255 e. The molecule has 0 atom stereocenters. The van der Waals surface area contributed by atoms with E-state index in [2.05, 4.69) is 11.4 Å². The zero-order chi connectivity index (χ0) is 17.0. The number of methoxy groups -OCH3 is 1. The predicted octanol–water partition coefficient (Wildman–Crippen LogP) is 2.78. The van der Waals surface area contributed by atoms with Crippen molar-refractivity contribution in [3.05, 3.63) is 46.2 Å². The number of rotatable bonds is 6. The Balaban J connectivity index is 2.21. The van der Waals surface area contributed by atoms with Crippen LogP contribution in [0.3, 0.4) is 0 Å². The lowest BCUT2D eigenvalue weighted by atomic mass is 9.99. The molecule has 5 nitrogen and oxygen atoms in total. The predicted molar refractivity (Wildman–Crippen MR) is 90.5 cm³/mol. The third-order valence-electron chi connectivity index (χ3n) is 3.99. The van der Waals surface area contributed by atoms with Gasteiger partial charge in [0.05, 0.1) is 12.7 Å². The Morgan fingerprint density at radius 1 is 1.43 bits per heavy atom. The van der Waals surface area contributed by atoms with Gasteiger partial charge in [0.25, 0.3) is 5.91 Å². The number of nitrogens with one attached hydrogen (secondary N) is 1. The van der Waals surface area contributed by atoms with E-state index in [-0.39, 0.29) is 11.7 Å². The number of carbonyl (C=O) groups excluding carboxylic acids is 1. The van der Waals surface area contributed by atoms with Crippen LogP contribution in [0.4, 0.5) is 0 Å². The summed E-state index contributed by atoms with van der Waals surface area (Å²) in [7, 11) is 1.57. The molecule has 4 N–H and O–H groups in total. The van der Waals surface area contributed by atoms with Crippen molar-refractivity contribution in [2.45, 2.75) is 39.7 Å². The Hall–Kier alpha value is -2.43. The number of hydrogen-bond acceptors (Lipinski definition) is 4. The maximum atomic E-state index is 11.8. The van der Waals surface area contributed by atoms with Crippen molar-refractivity contribution >= 4 is 5.91 Å². The van der Waals surface area contributed by atoms with E-state index in [9.17, 15) is 9.90 Å². The third kappa shape index (κ3) is 3.86. The normalized spacial score (nSPS) is 14.7. The summed E-state index contributed by atoms with van der Waals surface area (Å²) in [5, 5.41) is 13.2. The van der Waals surface area contributed by atoms with Crippen molar-refractivity contribution in [3.63, 3.8) is 0 Å². The number of nitrogens with two attached hydrogens (primary N) is 1. The fourth-order valence-electron chi connectivity index (χ4n) is 2.68. The number of allylic oxidation sites excluding steroid dienone is 4. The number of ether oxygens (including phenoxy) is 1. The molecule has 0 unspecified atom stereocenters. The molecule has 0 saturated carbocycles. The Kier molecular flexibility index (Phi) is 5.32. The van der Waals surface area contributed by atoms with Crippen molar-refractivity contribution in [2.24, 2.45) is 5.73 Å². The van der Waals surface area contributed by atoms with Gasteiger partial charge in [-0.25, -0.2) is 0 Å². The molecule has 0 saturated heterocycles. The smallest absolute Gasteiger partial charge is 0.255 e. The number of aromatic hydroxyl groups is 1. The Morgan fingerprint density at radius 3 is 2.83 bits per heavy atom. The van der Waals surface area contributed by atoms with Gasteiger partial charge >= 0.3 is 0 Å². The van der Waals surface area contributed by atoms with Crippen molar-refractivity contribution in [3.8, 4) is 11.5 Å². The van der Waals surface area contributed by atoms with Gasteiger partial charge in [-0.2, -0.15) is 0 Å². The maximum absolute atomic E-state index is 11.8. The summed E-state index contributed by atoms with van der Waals surface area (Å²) >= 11 is 0. The largest absolute Gasteiger partial charge is 0.507 e. The molecule has 1 aromatic rings. The van der Waals surface area contributed by atoms with Crippen LogP contribution in [0.1, 0.15) is 48.2 Å². The van der Waals surface area contributed by atoms with E-state index in [0.29, 0.717) is 29.8 Å². The molecule has 1 aliphatic heterocycles. The summed E-state index contributed by atoms with van der Waals surface area (Å²) in [4.78, 5) is 11.8. The second-order valence-corrected chi connectivity index (χ2v) is 5.86. The monoisotopic (exact) mass is 316 g/mol. The lowest BCUT2D eigenvalue weighted by Gasteiger charge is -2.12. The van der Waals surface area contributed by atoms with E-state index >= 15 is 0 Å². The standard InChI is InChI=1S/C18H24N2O3/c1-11(5-4-6-12(2)19)7-8-14-15(23-3)9-13-10-20-18(22)16(13)17(14)21/h6-7,9,21H,4-5,8,10,19H2,1-3H3,(H,20,22)/b11-7+,12-6-. The highest BCUT2D eigenvalue weighted by Gasteiger charge is 2.27. The molecule has 0 spiro atoms. The van der Waals surface area contributed by atoms with Crippen LogP contribution in [0.25, 0.3) is 0 Å². The lowest BCUT2D eigenvalue weighted by Crippen LogP contribution is -2.12. The SMILES string of the molecule is COc1cc2c(c(O)c1C/C=C(\C)CC/C=C(/C)N)C(=O)NC2. The zero-order valence-corrected chi connectivity index (χ0v) is 13.9. The van der Waals surface area contributed by atoms with E-state index in [1.165, 1.54) is 5.57 Å². The summed E-state index contributed by atoms with van der Waals surface area (Å²) in [6, 6.07) is 1.83. The van der Waals surface area contributed by atoms with Crippen LogP contribution in [0.15, 0.2) is 29.5 Å². The van der Waals surface area contributed by atoms with Gasteiger partial charge < -0.3 is 20.9 Å². The van der Waals surface area contributed by atoms with Gasteiger partial charge in [-0.1, -0.05) is 17.7 Å². The number of benzene rings is 1. The minimum Gasteiger partial charge on any atom is -0.507 e. The summed E-state index contributed by atoms with van der Waals surface area (Å²) in [5.74, 6) is 0.404. The number of phenolic OH excluding ortho intramolecular Hbond substituents is 1. The minimum absolute atomic E-state index is 0.0242. The highest BCUT2D eigenvalue weighted by atomic mass is 16.5. The van der Waals surface area contributed by atoms with Crippen LogP contribution in [-0.2, 0) is 13.0 Å². The number of hydrogen-bond donors (Lipinski definition) is 3. The Bertz CT molecular complexity index is 671. The first-order chi connectivity index (χ1) is 10.9. The van der Waals surface area contributed by atoms with Gasteiger partial charge in [-0.05, 0) is 44.7 Å². The van der Waals surface area contributed by atoms with E-state index in [0.717, 1.165) is 24.1 Å². The van der Waals surface area contributed by atoms with Crippen molar-refractivity contribution in [1.82, 2.24) is 5.32 Å². The molecular formula is C18H24N2O3. The molecule has 1 aromatic carbocycles. The van der Waals surface area contributed by atoms with Crippen molar-refractivity contribution < 1.29 is 14.6 Å². The average Bonchev–Trinajstić information content (AvgIpc) is 2.87. The molecule has 0 radical (unpaired) electrons. The fourth-order valence-corrected chi connectivity index (χ4v) is 2.68. The van der Waals surface area contributed by atoms with Crippen LogP contribution in [0, 0.1) is 0 Å². The quantitative estimate of drug-likeness (QED) is 0.705. The Morgan fingerprint density at radius 2 is 2.17 bits per heavy atom. The van der Waals surface area contributed by atoms with Crippen LogP contribution in [0.5, 0.6) is 11.5 Å². The molecule has 124 valence electrons. The second kappa shape index (κ2) is 7.22. The molecule has 2 rings (SSSR count). The minimum atomic E-state index is -0.231. The van der Waals surface area contributed by atoms with Gasteiger partial charge in [-0.3, -0.25) is 4.79 Å².